The monoisotopic (exact) mass is 372 g/mol. The number of nitrogens with zero attached hydrogens (tertiary/aromatic N) is 1. The van der Waals surface area contributed by atoms with Crippen LogP contribution in [0.3, 0.4) is 0 Å². The highest BCUT2D eigenvalue weighted by Gasteiger charge is 2.31. The molecule has 1 aromatic carbocycles. The van der Waals surface area contributed by atoms with E-state index >= 15 is 0 Å². The molecule has 1 aliphatic rings. The summed E-state index contributed by atoms with van der Waals surface area (Å²) in [5, 5.41) is 7.13. The largest absolute Gasteiger partial charge is 0.457 e. The van der Waals surface area contributed by atoms with E-state index in [0.29, 0.717) is 22.8 Å². The van der Waals surface area contributed by atoms with Gasteiger partial charge in [-0.25, -0.2) is 32.1 Å². The number of aromatic nitrogens is 1. The van der Waals surface area contributed by atoms with Gasteiger partial charge in [0.15, 0.2) is 0 Å². The van der Waals surface area contributed by atoms with Gasteiger partial charge >= 0.3 is 5.97 Å². The first-order valence-corrected chi connectivity index (χ1v) is 8.96. The summed E-state index contributed by atoms with van der Waals surface area (Å²) < 4.78 is 55.8. The number of esters is 1. The predicted octanol–water partition coefficient (Wildman–Crippen LogP) is 1.84. The molecule has 2 heterocycles. The van der Waals surface area contributed by atoms with E-state index in [9.17, 15) is 22.0 Å². The topological polar surface area (TPSA) is 99.3 Å². The lowest BCUT2D eigenvalue weighted by Gasteiger charge is -2.08. The van der Waals surface area contributed by atoms with Crippen LogP contribution in [0.15, 0.2) is 22.4 Å². The highest BCUT2D eigenvalue weighted by atomic mass is 32.2. The Morgan fingerprint density at radius 3 is 2.58 bits per heavy atom. The molecule has 0 fully saturated rings. The molecule has 0 bridgehead atoms. The first-order chi connectivity index (χ1) is 11.2. The molecule has 0 aliphatic carbocycles. The number of rotatable bonds is 3. The van der Waals surface area contributed by atoms with Gasteiger partial charge in [0.2, 0.25) is 10.0 Å². The second kappa shape index (κ2) is 5.72. The lowest BCUT2D eigenvalue weighted by Crippen LogP contribution is -2.15. The van der Waals surface area contributed by atoms with Crippen LogP contribution in [-0.4, -0.2) is 26.0 Å². The molecular weight excluding hydrogens is 362 g/mol. The number of benzene rings is 1. The van der Waals surface area contributed by atoms with Crippen molar-refractivity contribution in [1.29, 1.82) is 0 Å². The second-order valence-electron chi connectivity index (χ2n) is 4.99. The van der Waals surface area contributed by atoms with Crippen molar-refractivity contribution in [3.8, 4) is 0 Å². The number of nitrogens with two attached hydrogens (primary N) is 1. The molecule has 0 radical (unpaired) electrons. The van der Waals surface area contributed by atoms with Crippen LogP contribution in [0.25, 0.3) is 11.1 Å². The maximum absolute atomic E-state index is 14.3. The summed E-state index contributed by atoms with van der Waals surface area (Å²) in [5.41, 5.74) is 0.153. The molecular formula is C14H10F2N2O4S2. The third-order valence-corrected chi connectivity index (χ3v) is 5.08. The van der Waals surface area contributed by atoms with Gasteiger partial charge in [0.1, 0.15) is 23.1 Å². The summed E-state index contributed by atoms with van der Waals surface area (Å²) in [5.74, 6) is -2.95. The molecule has 10 heteroatoms. The molecule has 2 N–H and O–H groups in total. The van der Waals surface area contributed by atoms with Gasteiger partial charge in [0.05, 0.1) is 16.3 Å². The number of carbonyl (C=O) groups excluding carboxylic acids is 1. The zero-order valence-electron chi connectivity index (χ0n) is 12.2. The summed E-state index contributed by atoms with van der Waals surface area (Å²) in [7, 11) is -4.41. The summed E-state index contributed by atoms with van der Waals surface area (Å²) in [4.78, 5) is 15.1. The number of hydrogen-bond acceptors (Lipinski definition) is 6. The van der Waals surface area contributed by atoms with Crippen LogP contribution in [0.1, 0.15) is 16.3 Å². The number of aryl methyl sites for hydroxylation is 1. The summed E-state index contributed by atoms with van der Waals surface area (Å²) >= 11 is 1.29. The van der Waals surface area contributed by atoms with Crippen molar-refractivity contribution < 1.29 is 26.7 Å². The number of halogens is 2. The normalized spacial score (nSPS) is 15.1. The first-order valence-electron chi connectivity index (χ1n) is 6.53. The summed E-state index contributed by atoms with van der Waals surface area (Å²) in [6.45, 7) is 1.46. The van der Waals surface area contributed by atoms with Crippen LogP contribution in [0.2, 0.25) is 0 Å². The van der Waals surface area contributed by atoms with Gasteiger partial charge < -0.3 is 4.74 Å². The Labute approximate surface area is 139 Å². The molecule has 0 saturated carbocycles. The minimum absolute atomic E-state index is 0.0287. The molecule has 1 aliphatic heterocycles. The van der Waals surface area contributed by atoms with Gasteiger partial charge in [-0.1, -0.05) is 0 Å². The van der Waals surface area contributed by atoms with E-state index in [1.54, 1.807) is 12.3 Å². The fourth-order valence-corrected chi connectivity index (χ4v) is 3.54. The first kappa shape index (κ1) is 16.7. The average Bonchev–Trinajstić information content (AvgIpc) is 3.05. The van der Waals surface area contributed by atoms with Crippen molar-refractivity contribution >= 4 is 38.5 Å². The quantitative estimate of drug-likeness (QED) is 0.829. The van der Waals surface area contributed by atoms with Gasteiger partial charge in [-0.15, -0.1) is 11.3 Å². The molecule has 0 atom stereocenters. The Hall–Kier alpha value is -2.17. The van der Waals surface area contributed by atoms with E-state index in [1.165, 1.54) is 11.3 Å². The third-order valence-electron chi connectivity index (χ3n) is 3.38. The van der Waals surface area contributed by atoms with E-state index in [1.807, 2.05) is 0 Å². The standard InChI is InChI=1S/C14H10F2N2O4S2/c1-6-18-11(5-23-6)13-8(4-22-14(13)19)7-2-10(16)12(3-9(7)15)24(17,20)21/h2-3,5H,4H2,1H3,(H2,17,20,21). The highest BCUT2D eigenvalue weighted by Crippen LogP contribution is 2.35. The van der Waals surface area contributed by atoms with Crippen molar-refractivity contribution in [3.63, 3.8) is 0 Å². The number of sulfonamides is 1. The van der Waals surface area contributed by atoms with Gasteiger partial charge in [-0.3, -0.25) is 0 Å². The minimum atomic E-state index is -4.41. The predicted molar refractivity (Wildman–Crippen MR) is 82.4 cm³/mol. The number of ether oxygens (including phenoxy) is 1. The minimum Gasteiger partial charge on any atom is -0.457 e. The van der Waals surface area contributed by atoms with Gasteiger partial charge in [0.25, 0.3) is 0 Å². The SMILES string of the molecule is Cc1nc(C2=C(c3cc(F)c(S(N)(=O)=O)cc3F)COC2=O)cs1. The summed E-state index contributed by atoms with van der Waals surface area (Å²) in [6.07, 6.45) is 0. The lowest BCUT2D eigenvalue weighted by molar-refractivity contribution is -0.133. The van der Waals surface area contributed by atoms with Gasteiger partial charge in [-0.2, -0.15) is 0 Å². The smallest absolute Gasteiger partial charge is 0.341 e. The Balaban J connectivity index is 2.22. The molecule has 0 saturated heterocycles. The third kappa shape index (κ3) is 2.83. The molecule has 0 amide bonds. The molecule has 1 aromatic heterocycles. The van der Waals surface area contributed by atoms with Crippen LogP contribution in [0.5, 0.6) is 0 Å². The van der Waals surface area contributed by atoms with E-state index < -0.39 is 32.5 Å². The van der Waals surface area contributed by atoms with Crippen molar-refractivity contribution in [2.24, 2.45) is 5.14 Å². The number of thiazole rings is 1. The Morgan fingerprint density at radius 1 is 1.29 bits per heavy atom. The maximum Gasteiger partial charge on any atom is 0.341 e. The maximum atomic E-state index is 14.3. The molecule has 0 unspecified atom stereocenters. The second-order valence-corrected chi connectivity index (χ2v) is 7.58. The van der Waals surface area contributed by atoms with Crippen LogP contribution < -0.4 is 5.14 Å². The van der Waals surface area contributed by atoms with Crippen molar-refractivity contribution in [3.05, 3.63) is 45.4 Å². The van der Waals surface area contributed by atoms with Gasteiger partial charge in [0, 0.05) is 16.5 Å². The van der Waals surface area contributed by atoms with Crippen LogP contribution in [0.4, 0.5) is 8.78 Å². The molecule has 2 aromatic rings. The van der Waals surface area contributed by atoms with Gasteiger partial charge in [-0.05, 0) is 19.1 Å². The van der Waals surface area contributed by atoms with Crippen molar-refractivity contribution in [2.75, 3.05) is 6.61 Å². The molecule has 0 spiro atoms. The molecule has 6 nitrogen and oxygen atoms in total. The molecule has 126 valence electrons. The summed E-state index contributed by atoms with van der Waals surface area (Å²) in [6, 6.07) is 1.17. The number of cyclic esters (lactones) is 1. The van der Waals surface area contributed by atoms with Crippen molar-refractivity contribution in [2.45, 2.75) is 11.8 Å². The van der Waals surface area contributed by atoms with Crippen LogP contribution >= 0.6 is 11.3 Å². The zero-order chi connectivity index (χ0) is 17.6. The molecule has 24 heavy (non-hydrogen) atoms. The van der Waals surface area contributed by atoms with Crippen LogP contribution in [-0.2, 0) is 19.6 Å². The van der Waals surface area contributed by atoms with Crippen molar-refractivity contribution in [1.82, 2.24) is 4.98 Å². The lowest BCUT2D eigenvalue weighted by atomic mass is 10.00. The number of hydrogen-bond donors (Lipinski definition) is 1. The van der Waals surface area contributed by atoms with E-state index in [-0.39, 0.29) is 23.3 Å². The number of carbonyl (C=O) groups is 1. The zero-order valence-corrected chi connectivity index (χ0v) is 13.8. The van der Waals surface area contributed by atoms with E-state index in [2.05, 4.69) is 4.98 Å². The number of primary sulfonamides is 1. The average molecular weight is 372 g/mol. The molecule has 3 rings (SSSR count). The van der Waals surface area contributed by atoms with E-state index in [0.717, 1.165) is 0 Å². The van der Waals surface area contributed by atoms with Crippen LogP contribution in [0, 0.1) is 18.6 Å². The fourth-order valence-electron chi connectivity index (χ4n) is 2.33. The van der Waals surface area contributed by atoms with E-state index in [4.69, 9.17) is 9.88 Å². The fraction of sp³-hybridized carbons (Fsp3) is 0.143. The Kier molecular flexibility index (Phi) is 3.98. The Morgan fingerprint density at radius 2 is 2.00 bits per heavy atom. The Bertz CT molecular complexity index is 996. The highest BCUT2D eigenvalue weighted by molar-refractivity contribution is 7.89.